The van der Waals surface area contributed by atoms with Crippen LogP contribution in [0.25, 0.3) is 0 Å². The molecule has 0 spiro atoms. The second-order valence-electron chi connectivity index (χ2n) is 3.80. The highest BCUT2D eigenvalue weighted by molar-refractivity contribution is 4.93. The maximum Gasteiger partial charge on any atom is 0.0897 e. The van der Waals surface area contributed by atoms with Crippen molar-refractivity contribution in [2.75, 3.05) is 27.2 Å². The lowest BCUT2D eigenvalue weighted by Gasteiger charge is -2.41. The number of rotatable bonds is 1. The highest BCUT2D eigenvalue weighted by Gasteiger charge is 2.35. The number of aliphatic hydroxyl groups is 1. The number of β-amino-alcohol motifs (C(OH)–C–C–N with tert-alkyl or cyclic N) is 1. The van der Waals surface area contributed by atoms with Gasteiger partial charge in [-0.2, -0.15) is 0 Å². The third kappa shape index (κ3) is 1.92. The Morgan fingerprint density at radius 3 is 2.55 bits per heavy atom. The molecule has 0 aliphatic carbocycles. The van der Waals surface area contributed by atoms with Gasteiger partial charge in [-0.25, -0.2) is 0 Å². The molecule has 1 saturated heterocycles. The summed E-state index contributed by atoms with van der Waals surface area (Å²) in [5.41, 5.74) is -0.568. The Hall–Kier alpha value is -0.120. The first kappa shape index (κ1) is 8.97. The zero-order chi connectivity index (χ0) is 8.48. The fraction of sp³-hybridized carbons (Fsp3) is 1.00. The summed E-state index contributed by atoms with van der Waals surface area (Å²) in [5, 5.41) is 13.1. The van der Waals surface area contributed by atoms with Crippen molar-refractivity contribution in [2.24, 2.45) is 0 Å². The summed E-state index contributed by atoms with van der Waals surface area (Å²) in [4.78, 5) is 2.10. The number of piperidine rings is 1. The van der Waals surface area contributed by atoms with E-state index in [1.807, 2.05) is 21.0 Å². The molecule has 3 nitrogen and oxygen atoms in total. The lowest BCUT2D eigenvalue weighted by Crippen LogP contribution is -2.58. The third-order valence-corrected chi connectivity index (χ3v) is 2.42. The third-order valence-electron chi connectivity index (χ3n) is 2.42. The van der Waals surface area contributed by atoms with Gasteiger partial charge in [0.1, 0.15) is 0 Å². The van der Waals surface area contributed by atoms with Gasteiger partial charge in [-0.3, -0.25) is 0 Å². The van der Waals surface area contributed by atoms with E-state index in [1.54, 1.807) is 0 Å². The summed E-state index contributed by atoms with van der Waals surface area (Å²) in [5.74, 6) is 0. The Labute approximate surface area is 68.4 Å². The molecule has 0 saturated carbocycles. The van der Waals surface area contributed by atoms with Gasteiger partial charge in [0.15, 0.2) is 0 Å². The molecule has 1 fully saturated rings. The lowest BCUT2D eigenvalue weighted by atomic mass is 9.90. The van der Waals surface area contributed by atoms with E-state index in [9.17, 15) is 5.11 Å². The van der Waals surface area contributed by atoms with E-state index >= 15 is 0 Å². The van der Waals surface area contributed by atoms with Crippen LogP contribution in [0.2, 0.25) is 0 Å². The summed E-state index contributed by atoms with van der Waals surface area (Å²) >= 11 is 0. The molecule has 2 N–H and O–H groups in total. The second-order valence-corrected chi connectivity index (χ2v) is 3.80. The SMILES string of the molecule is CN(C)C1CCNCC1(C)O. The van der Waals surface area contributed by atoms with Crippen LogP contribution in [-0.2, 0) is 0 Å². The number of nitrogens with one attached hydrogen (secondary N) is 1. The molecule has 1 heterocycles. The van der Waals surface area contributed by atoms with Gasteiger partial charge in [0.05, 0.1) is 5.60 Å². The van der Waals surface area contributed by atoms with E-state index in [2.05, 4.69) is 10.2 Å². The molecular weight excluding hydrogens is 140 g/mol. The molecule has 0 bridgehead atoms. The van der Waals surface area contributed by atoms with Gasteiger partial charge in [0.2, 0.25) is 0 Å². The maximum absolute atomic E-state index is 9.90. The van der Waals surface area contributed by atoms with E-state index < -0.39 is 5.60 Å². The molecule has 2 atom stereocenters. The normalized spacial score (nSPS) is 39.5. The van der Waals surface area contributed by atoms with Gasteiger partial charge in [-0.05, 0) is 34.0 Å². The average Bonchev–Trinajstić information content (AvgIpc) is 1.85. The Bertz CT molecular complexity index is 134. The van der Waals surface area contributed by atoms with Crippen molar-refractivity contribution in [3.8, 4) is 0 Å². The zero-order valence-electron chi connectivity index (χ0n) is 7.59. The van der Waals surface area contributed by atoms with Crippen molar-refractivity contribution < 1.29 is 5.11 Å². The summed E-state index contributed by atoms with van der Waals surface area (Å²) < 4.78 is 0. The number of hydrogen-bond donors (Lipinski definition) is 2. The highest BCUT2D eigenvalue weighted by atomic mass is 16.3. The van der Waals surface area contributed by atoms with E-state index in [1.165, 1.54) is 0 Å². The predicted molar refractivity (Wildman–Crippen MR) is 45.6 cm³/mol. The Morgan fingerprint density at radius 2 is 2.18 bits per heavy atom. The largest absolute Gasteiger partial charge is 0.387 e. The summed E-state index contributed by atoms with van der Waals surface area (Å²) in [7, 11) is 4.04. The summed E-state index contributed by atoms with van der Waals surface area (Å²) in [6, 6.07) is 0.295. The molecule has 1 aliphatic heterocycles. The van der Waals surface area contributed by atoms with Crippen LogP contribution in [-0.4, -0.2) is 48.8 Å². The fourth-order valence-electron chi connectivity index (χ4n) is 1.82. The van der Waals surface area contributed by atoms with E-state index in [-0.39, 0.29) is 0 Å². The van der Waals surface area contributed by atoms with Crippen molar-refractivity contribution in [3.63, 3.8) is 0 Å². The molecular formula is C8H18N2O. The Morgan fingerprint density at radius 1 is 1.55 bits per heavy atom. The summed E-state index contributed by atoms with van der Waals surface area (Å²) in [6.07, 6.45) is 1.03. The number of likely N-dealkylation sites (N-methyl/N-ethyl adjacent to an activating group) is 1. The van der Waals surface area contributed by atoms with E-state index in [0.29, 0.717) is 12.6 Å². The highest BCUT2D eigenvalue weighted by Crippen LogP contribution is 2.19. The fourth-order valence-corrected chi connectivity index (χ4v) is 1.82. The van der Waals surface area contributed by atoms with E-state index in [0.717, 1.165) is 13.0 Å². The smallest absolute Gasteiger partial charge is 0.0897 e. The predicted octanol–water partition coefficient (Wildman–Crippen LogP) is -0.339. The molecule has 0 aromatic heterocycles. The summed E-state index contributed by atoms with van der Waals surface area (Å²) in [6.45, 7) is 3.61. The Balaban J connectivity index is 2.60. The first-order chi connectivity index (χ1) is 5.04. The van der Waals surface area contributed by atoms with Crippen LogP contribution in [0.1, 0.15) is 13.3 Å². The van der Waals surface area contributed by atoms with Crippen molar-refractivity contribution in [2.45, 2.75) is 25.0 Å². The molecule has 0 aromatic carbocycles. The molecule has 66 valence electrons. The molecule has 0 radical (unpaired) electrons. The van der Waals surface area contributed by atoms with Crippen LogP contribution in [0.15, 0.2) is 0 Å². The monoisotopic (exact) mass is 158 g/mol. The van der Waals surface area contributed by atoms with Gasteiger partial charge >= 0.3 is 0 Å². The van der Waals surface area contributed by atoms with Crippen molar-refractivity contribution in [3.05, 3.63) is 0 Å². The van der Waals surface area contributed by atoms with Gasteiger partial charge in [0.25, 0.3) is 0 Å². The van der Waals surface area contributed by atoms with Gasteiger partial charge in [0, 0.05) is 12.6 Å². The van der Waals surface area contributed by atoms with Crippen LogP contribution >= 0.6 is 0 Å². The maximum atomic E-state index is 9.90. The molecule has 3 heteroatoms. The average molecular weight is 158 g/mol. The standard InChI is InChI=1S/C8H18N2O/c1-8(11)6-9-5-4-7(8)10(2)3/h7,9,11H,4-6H2,1-3H3. The van der Waals surface area contributed by atoms with Crippen LogP contribution in [0.5, 0.6) is 0 Å². The molecule has 2 unspecified atom stereocenters. The molecule has 11 heavy (non-hydrogen) atoms. The van der Waals surface area contributed by atoms with Crippen molar-refractivity contribution >= 4 is 0 Å². The number of nitrogens with zero attached hydrogens (tertiary/aromatic N) is 1. The second kappa shape index (κ2) is 3.09. The van der Waals surface area contributed by atoms with Crippen molar-refractivity contribution in [1.82, 2.24) is 10.2 Å². The zero-order valence-corrected chi connectivity index (χ0v) is 7.59. The first-order valence-electron chi connectivity index (χ1n) is 4.13. The quantitative estimate of drug-likeness (QED) is 0.548. The topological polar surface area (TPSA) is 35.5 Å². The first-order valence-corrected chi connectivity index (χ1v) is 4.13. The molecule has 0 amide bonds. The number of hydrogen-bond acceptors (Lipinski definition) is 3. The van der Waals surface area contributed by atoms with Crippen LogP contribution in [0, 0.1) is 0 Å². The van der Waals surface area contributed by atoms with Gasteiger partial charge < -0.3 is 15.3 Å². The van der Waals surface area contributed by atoms with Crippen molar-refractivity contribution in [1.29, 1.82) is 0 Å². The molecule has 1 aliphatic rings. The minimum atomic E-state index is -0.568. The van der Waals surface area contributed by atoms with Crippen LogP contribution in [0.3, 0.4) is 0 Å². The lowest BCUT2D eigenvalue weighted by molar-refractivity contribution is -0.0343. The van der Waals surface area contributed by atoms with Gasteiger partial charge in [-0.1, -0.05) is 0 Å². The minimum Gasteiger partial charge on any atom is -0.387 e. The van der Waals surface area contributed by atoms with Gasteiger partial charge in [-0.15, -0.1) is 0 Å². The van der Waals surface area contributed by atoms with Crippen LogP contribution in [0.4, 0.5) is 0 Å². The molecule has 0 aromatic rings. The minimum absolute atomic E-state index is 0.295. The van der Waals surface area contributed by atoms with Crippen LogP contribution < -0.4 is 5.32 Å². The van der Waals surface area contributed by atoms with E-state index in [4.69, 9.17) is 0 Å². The Kier molecular flexibility index (Phi) is 2.52. The molecule has 1 rings (SSSR count).